The number of aliphatic hydroxyl groups excluding tert-OH is 1. The van der Waals surface area contributed by atoms with E-state index in [2.05, 4.69) is 5.32 Å². The number of rotatable bonds is 5. The Labute approximate surface area is 118 Å². The Morgan fingerprint density at radius 1 is 1.45 bits per heavy atom. The molecular weight excluding hydrogens is 258 g/mol. The van der Waals surface area contributed by atoms with Crippen molar-refractivity contribution in [3.05, 3.63) is 29.8 Å². The summed E-state index contributed by atoms with van der Waals surface area (Å²) in [5.41, 5.74) is -0.0513. The van der Waals surface area contributed by atoms with Gasteiger partial charge in [0.25, 0.3) is 0 Å². The van der Waals surface area contributed by atoms with Crippen LogP contribution in [0.2, 0.25) is 0 Å². The molecule has 1 fully saturated rings. The minimum atomic E-state index is -0.881. The molecule has 0 spiro atoms. The monoisotopic (exact) mass is 279 g/mol. The van der Waals surface area contributed by atoms with Gasteiger partial charge in [-0.25, -0.2) is 0 Å². The number of aliphatic hydroxyl groups is 1. The van der Waals surface area contributed by atoms with Crippen molar-refractivity contribution in [2.24, 2.45) is 0 Å². The van der Waals surface area contributed by atoms with Crippen molar-refractivity contribution in [1.29, 1.82) is 0 Å². The Hall–Kier alpha value is -1.59. The Bertz CT molecular complexity index is 459. The predicted octanol–water partition coefficient (Wildman–Crippen LogP) is 1.54. The zero-order chi connectivity index (χ0) is 14.6. The van der Waals surface area contributed by atoms with Crippen LogP contribution in [0.3, 0.4) is 0 Å². The zero-order valence-electron chi connectivity index (χ0n) is 11.6. The highest BCUT2D eigenvalue weighted by Crippen LogP contribution is 2.31. The molecule has 0 radical (unpaired) electrons. The fraction of sp³-hybridized carbons (Fsp3) is 0.533. The van der Waals surface area contributed by atoms with Crippen molar-refractivity contribution >= 4 is 5.97 Å². The summed E-state index contributed by atoms with van der Waals surface area (Å²) in [5.74, 6) is -0.103. The van der Waals surface area contributed by atoms with E-state index in [1.165, 1.54) is 0 Å². The van der Waals surface area contributed by atoms with Crippen molar-refractivity contribution in [3.63, 3.8) is 0 Å². The van der Waals surface area contributed by atoms with Gasteiger partial charge in [-0.1, -0.05) is 12.1 Å². The van der Waals surface area contributed by atoms with Crippen LogP contribution >= 0.6 is 0 Å². The molecule has 5 nitrogen and oxygen atoms in total. The Kier molecular flexibility index (Phi) is 4.62. The second-order valence-corrected chi connectivity index (χ2v) is 5.28. The van der Waals surface area contributed by atoms with Crippen LogP contribution in [0, 0.1) is 0 Å². The van der Waals surface area contributed by atoms with Gasteiger partial charge >= 0.3 is 5.97 Å². The van der Waals surface area contributed by atoms with E-state index in [-0.39, 0.29) is 12.7 Å². The van der Waals surface area contributed by atoms with Gasteiger partial charge in [0.1, 0.15) is 17.4 Å². The number of hydrogen-bond acceptors (Lipinski definition) is 4. The standard InChI is InChI=1S/C15H21NO4/c1-16-15(14(18)19)8-2-3-13(9-15)20-12-6-4-11(10-17)5-7-12/h4-7,13,16-17H,2-3,8-10H2,1H3,(H,18,19). The van der Waals surface area contributed by atoms with Crippen molar-refractivity contribution in [3.8, 4) is 5.75 Å². The average molecular weight is 279 g/mol. The number of carbonyl (C=O) groups is 1. The molecule has 2 atom stereocenters. The van der Waals surface area contributed by atoms with Gasteiger partial charge in [-0.05, 0) is 44.0 Å². The highest BCUT2D eigenvalue weighted by atomic mass is 16.5. The number of benzene rings is 1. The summed E-state index contributed by atoms with van der Waals surface area (Å²) < 4.78 is 5.88. The molecule has 0 bridgehead atoms. The largest absolute Gasteiger partial charge is 0.490 e. The summed E-state index contributed by atoms with van der Waals surface area (Å²) in [6, 6.07) is 7.23. The van der Waals surface area contributed by atoms with Gasteiger partial charge in [0.05, 0.1) is 6.61 Å². The molecular formula is C15H21NO4. The molecule has 0 heterocycles. The first-order valence-electron chi connectivity index (χ1n) is 6.88. The molecule has 1 aliphatic carbocycles. The minimum absolute atomic E-state index is 0.00554. The van der Waals surface area contributed by atoms with Gasteiger partial charge in [-0.2, -0.15) is 0 Å². The number of nitrogens with one attached hydrogen (secondary N) is 1. The van der Waals surface area contributed by atoms with E-state index in [0.29, 0.717) is 18.6 Å². The zero-order valence-corrected chi connectivity index (χ0v) is 11.6. The number of hydrogen-bond donors (Lipinski definition) is 3. The summed E-state index contributed by atoms with van der Waals surface area (Å²) in [5, 5.41) is 21.3. The molecule has 1 aliphatic rings. The lowest BCUT2D eigenvalue weighted by molar-refractivity contribution is -0.147. The number of carboxylic acids is 1. The Morgan fingerprint density at radius 3 is 2.70 bits per heavy atom. The number of aliphatic carboxylic acids is 1. The Balaban J connectivity index is 2.03. The molecule has 3 N–H and O–H groups in total. The second-order valence-electron chi connectivity index (χ2n) is 5.28. The van der Waals surface area contributed by atoms with Gasteiger partial charge in [-0.3, -0.25) is 4.79 Å². The van der Waals surface area contributed by atoms with Crippen LogP contribution in [-0.4, -0.2) is 34.9 Å². The topological polar surface area (TPSA) is 78.8 Å². The first kappa shape index (κ1) is 14.8. The molecule has 0 saturated heterocycles. The van der Waals surface area contributed by atoms with Crippen molar-refractivity contribution < 1.29 is 19.7 Å². The maximum absolute atomic E-state index is 11.4. The van der Waals surface area contributed by atoms with E-state index < -0.39 is 11.5 Å². The van der Waals surface area contributed by atoms with E-state index >= 15 is 0 Å². The summed E-state index contributed by atoms with van der Waals surface area (Å²) in [6.45, 7) is 0.00554. The maximum Gasteiger partial charge on any atom is 0.324 e. The predicted molar refractivity (Wildman–Crippen MR) is 74.7 cm³/mol. The molecule has 2 rings (SSSR count). The van der Waals surface area contributed by atoms with Crippen LogP contribution in [0.4, 0.5) is 0 Å². The molecule has 1 saturated carbocycles. The van der Waals surface area contributed by atoms with Gasteiger partial charge in [0, 0.05) is 6.42 Å². The molecule has 5 heteroatoms. The van der Waals surface area contributed by atoms with E-state index in [0.717, 1.165) is 18.4 Å². The van der Waals surface area contributed by atoms with Gasteiger partial charge < -0.3 is 20.3 Å². The first-order valence-corrected chi connectivity index (χ1v) is 6.88. The van der Waals surface area contributed by atoms with Crippen LogP contribution in [-0.2, 0) is 11.4 Å². The van der Waals surface area contributed by atoms with Crippen LogP contribution in [0.15, 0.2) is 24.3 Å². The molecule has 0 amide bonds. The number of ether oxygens (including phenoxy) is 1. The second kappa shape index (κ2) is 6.24. The van der Waals surface area contributed by atoms with E-state index in [4.69, 9.17) is 9.84 Å². The van der Waals surface area contributed by atoms with E-state index in [1.807, 2.05) is 12.1 Å². The molecule has 20 heavy (non-hydrogen) atoms. The highest BCUT2D eigenvalue weighted by Gasteiger charge is 2.42. The van der Waals surface area contributed by atoms with Crippen LogP contribution in [0.1, 0.15) is 31.2 Å². The molecule has 110 valence electrons. The van der Waals surface area contributed by atoms with Gasteiger partial charge in [0.2, 0.25) is 0 Å². The SMILES string of the molecule is CNC1(C(=O)O)CCCC(Oc2ccc(CO)cc2)C1. The third-order valence-corrected chi connectivity index (χ3v) is 4.00. The normalized spacial score (nSPS) is 26.2. The van der Waals surface area contributed by atoms with Crippen molar-refractivity contribution in [1.82, 2.24) is 5.32 Å². The van der Waals surface area contributed by atoms with Crippen LogP contribution in [0.25, 0.3) is 0 Å². The van der Waals surface area contributed by atoms with E-state index in [1.54, 1.807) is 19.2 Å². The average Bonchev–Trinajstić information content (AvgIpc) is 2.48. The van der Waals surface area contributed by atoms with Crippen molar-refractivity contribution in [2.45, 2.75) is 43.9 Å². The molecule has 2 unspecified atom stereocenters. The Morgan fingerprint density at radius 2 is 2.15 bits per heavy atom. The lowest BCUT2D eigenvalue weighted by atomic mass is 9.80. The smallest absolute Gasteiger partial charge is 0.324 e. The minimum Gasteiger partial charge on any atom is -0.490 e. The fourth-order valence-electron chi connectivity index (χ4n) is 2.72. The lowest BCUT2D eigenvalue weighted by Crippen LogP contribution is -2.55. The number of likely N-dealkylation sites (N-methyl/N-ethyl adjacent to an activating group) is 1. The van der Waals surface area contributed by atoms with Crippen LogP contribution in [0.5, 0.6) is 5.75 Å². The van der Waals surface area contributed by atoms with Crippen LogP contribution < -0.4 is 10.1 Å². The lowest BCUT2D eigenvalue weighted by Gasteiger charge is -2.37. The third kappa shape index (κ3) is 3.11. The third-order valence-electron chi connectivity index (χ3n) is 4.00. The first-order chi connectivity index (χ1) is 9.59. The molecule has 1 aromatic carbocycles. The van der Waals surface area contributed by atoms with Gasteiger partial charge in [0.15, 0.2) is 0 Å². The summed E-state index contributed by atoms with van der Waals surface area (Å²) in [4.78, 5) is 11.4. The summed E-state index contributed by atoms with van der Waals surface area (Å²) >= 11 is 0. The molecule has 0 aliphatic heterocycles. The number of carboxylic acid groups (broad SMARTS) is 1. The fourth-order valence-corrected chi connectivity index (χ4v) is 2.72. The maximum atomic E-state index is 11.4. The van der Waals surface area contributed by atoms with Gasteiger partial charge in [-0.15, -0.1) is 0 Å². The molecule has 1 aromatic rings. The molecule has 0 aromatic heterocycles. The highest BCUT2D eigenvalue weighted by molar-refractivity contribution is 5.79. The van der Waals surface area contributed by atoms with E-state index in [9.17, 15) is 9.90 Å². The summed E-state index contributed by atoms with van der Waals surface area (Å²) in [6.07, 6.45) is 2.67. The summed E-state index contributed by atoms with van der Waals surface area (Å²) in [7, 11) is 1.69. The quantitative estimate of drug-likeness (QED) is 0.762. The van der Waals surface area contributed by atoms with Crippen molar-refractivity contribution in [2.75, 3.05) is 7.05 Å².